The molecule has 0 spiro atoms. The van der Waals surface area contributed by atoms with Gasteiger partial charge in [-0.15, -0.1) is 0 Å². The molecular weight excluding hydrogens is 178 g/mol. The lowest BCUT2D eigenvalue weighted by atomic mass is 9.97. The van der Waals surface area contributed by atoms with Gasteiger partial charge in [-0.05, 0) is 29.7 Å². The van der Waals surface area contributed by atoms with Crippen LogP contribution in [0.1, 0.15) is 17.2 Å². The fourth-order valence-electron chi connectivity index (χ4n) is 1.84. The number of hydrogen-bond donors (Lipinski definition) is 1. The first kappa shape index (κ1) is 9.49. The van der Waals surface area contributed by atoms with Gasteiger partial charge in [0, 0.05) is 6.54 Å². The molecule has 0 saturated heterocycles. The van der Waals surface area contributed by atoms with E-state index in [1.807, 2.05) is 12.1 Å². The van der Waals surface area contributed by atoms with E-state index in [0.717, 1.165) is 18.8 Å². The van der Waals surface area contributed by atoms with E-state index in [2.05, 4.69) is 6.07 Å². The van der Waals surface area contributed by atoms with Crippen LogP contribution in [0.3, 0.4) is 0 Å². The molecule has 3 heteroatoms. The van der Waals surface area contributed by atoms with E-state index in [4.69, 9.17) is 15.2 Å². The molecular formula is C11H15NO2. The Labute approximate surface area is 83.8 Å². The Morgan fingerprint density at radius 2 is 2.43 bits per heavy atom. The standard InChI is InChI=1S/C11H15NO2/c1-13-9-2-3-10-8(6-9)4-5-14-11(10)7-12/h2-3,6,11H,4-5,7,12H2,1H3. The van der Waals surface area contributed by atoms with Gasteiger partial charge in [0.1, 0.15) is 5.75 Å². The maximum atomic E-state index is 5.63. The fraction of sp³-hybridized carbons (Fsp3) is 0.455. The first-order valence-electron chi connectivity index (χ1n) is 4.83. The molecule has 0 aromatic heterocycles. The molecule has 0 aliphatic carbocycles. The van der Waals surface area contributed by atoms with Gasteiger partial charge < -0.3 is 15.2 Å². The molecule has 0 amide bonds. The Kier molecular flexibility index (Phi) is 2.70. The van der Waals surface area contributed by atoms with Crippen LogP contribution >= 0.6 is 0 Å². The summed E-state index contributed by atoms with van der Waals surface area (Å²) in [5.41, 5.74) is 8.14. The summed E-state index contributed by atoms with van der Waals surface area (Å²) in [6, 6.07) is 6.07. The number of hydrogen-bond acceptors (Lipinski definition) is 3. The lowest BCUT2D eigenvalue weighted by molar-refractivity contribution is 0.0484. The molecule has 3 nitrogen and oxygen atoms in total. The number of fused-ring (bicyclic) bond motifs is 1. The number of ether oxygens (including phenoxy) is 2. The van der Waals surface area contributed by atoms with E-state index in [1.54, 1.807) is 7.11 Å². The second kappa shape index (κ2) is 3.98. The lowest BCUT2D eigenvalue weighted by Crippen LogP contribution is -2.22. The summed E-state index contributed by atoms with van der Waals surface area (Å²) in [6.45, 7) is 1.29. The maximum absolute atomic E-state index is 5.63. The zero-order chi connectivity index (χ0) is 9.97. The highest BCUT2D eigenvalue weighted by molar-refractivity contribution is 5.38. The minimum Gasteiger partial charge on any atom is -0.497 e. The van der Waals surface area contributed by atoms with E-state index in [9.17, 15) is 0 Å². The van der Waals surface area contributed by atoms with Crippen LogP contribution in [0.4, 0.5) is 0 Å². The number of nitrogens with two attached hydrogens (primary N) is 1. The van der Waals surface area contributed by atoms with Crippen molar-refractivity contribution in [3.05, 3.63) is 29.3 Å². The molecule has 0 saturated carbocycles. The van der Waals surface area contributed by atoms with Crippen LogP contribution in [0.25, 0.3) is 0 Å². The average molecular weight is 193 g/mol. The molecule has 2 rings (SSSR count). The summed E-state index contributed by atoms with van der Waals surface area (Å²) in [5, 5.41) is 0. The van der Waals surface area contributed by atoms with E-state index in [1.165, 1.54) is 11.1 Å². The summed E-state index contributed by atoms with van der Waals surface area (Å²) in [4.78, 5) is 0. The maximum Gasteiger partial charge on any atom is 0.119 e. The molecule has 1 unspecified atom stereocenters. The second-order valence-corrected chi connectivity index (χ2v) is 3.41. The Morgan fingerprint density at radius 3 is 3.14 bits per heavy atom. The van der Waals surface area contributed by atoms with Gasteiger partial charge in [0.25, 0.3) is 0 Å². The van der Waals surface area contributed by atoms with Crippen LogP contribution in [0.5, 0.6) is 5.75 Å². The van der Waals surface area contributed by atoms with Gasteiger partial charge in [-0.3, -0.25) is 0 Å². The molecule has 14 heavy (non-hydrogen) atoms. The molecule has 0 radical (unpaired) electrons. The van der Waals surface area contributed by atoms with Crippen molar-refractivity contribution >= 4 is 0 Å². The molecule has 0 fully saturated rings. The van der Waals surface area contributed by atoms with Crippen LogP contribution in [-0.4, -0.2) is 20.3 Å². The smallest absolute Gasteiger partial charge is 0.119 e. The minimum atomic E-state index is 0.0599. The molecule has 1 heterocycles. The van der Waals surface area contributed by atoms with Gasteiger partial charge in [-0.25, -0.2) is 0 Å². The van der Waals surface area contributed by atoms with Gasteiger partial charge in [-0.1, -0.05) is 6.07 Å². The van der Waals surface area contributed by atoms with E-state index in [0.29, 0.717) is 6.54 Å². The zero-order valence-corrected chi connectivity index (χ0v) is 8.32. The monoisotopic (exact) mass is 193 g/mol. The van der Waals surface area contributed by atoms with Crippen molar-refractivity contribution < 1.29 is 9.47 Å². The van der Waals surface area contributed by atoms with Gasteiger partial charge in [0.2, 0.25) is 0 Å². The van der Waals surface area contributed by atoms with Gasteiger partial charge in [0.15, 0.2) is 0 Å². The van der Waals surface area contributed by atoms with Crippen molar-refractivity contribution in [3.63, 3.8) is 0 Å². The summed E-state index contributed by atoms with van der Waals surface area (Å²) in [5.74, 6) is 0.904. The lowest BCUT2D eigenvalue weighted by Gasteiger charge is -2.25. The predicted octanol–water partition coefficient (Wildman–Crippen LogP) is 1.27. The van der Waals surface area contributed by atoms with E-state index >= 15 is 0 Å². The highest BCUT2D eigenvalue weighted by atomic mass is 16.5. The third-order valence-corrected chi connectivity index (χ3v) is 2.60. The third kappa shape index (κ3) is 1.61. The number of rotatable bonds is 2. The van der Waals surface area contributed by atoms with Crippen LogP contribution < -0.4 is 10.5 Å². The minimum absolute atomic E-state index is 0.0599. The first-order valence-corrected chi connectivity index (χ1v) is 4.83. The number of benzene rings is 1. The molecule has 2 N–H and O–H groups in total. The molecule has 1 aromatic carbocycles. The molecule has 0 bridgehead atoms. The highest BCUT2D eigenvalue weighted by Crippen LogP contribution is 2.29. The van der Waals surface area contributed by atoms with Crippen LogP contribution in [0, 0.1) is 0 Å². The van der Waals surface area contributed by atoms with Crippen molar-refractivity contribution in [2.75, 3.05) is 20.3 Å². The van der Waals surface area contributed by atoms with Crippen LogP contribution in [0.15, 0.2) is 18.2 Å². The van der Waals surface area contributed by atoms with Crippen molar-refractivity contribution in [3.8, 4) is 5.75 Å². The molecule has 1 aliphatic heterocycles. The van der Waals surface area contributed by atoms with Crippen molar-refractivity contribution in [1.29, 1.82) is 0 Å². The summed E-state index contributed by atoms with van der Waals surface area (Å²) >= 11 is 0. The largest absolute Gasteiger partial charge is 0.497 e. The molecule has 1 atom stereocenters. The Balaban J connectivity index is 2.35. The van der Waals surface area contributed by atoms with Crippen LogP contribution in [-0.2, 0) is 11.2 Å². The van der Waals surface area contributed by atoms with E-state index < -0.39 is 0 Å². The first-order chi connectivity index (χ1) is 6.85. The van der Waals surface area contributed by atoms with Crippen molar-refractivity contribution in [1.82, 2.24) is 0 Å². The topological polar surface area (TPSA) is 44.5 Å². The zero-order valence-electron chi connectivity index (χ0n) is 8.32. The van der Waals surface area contributed by atoms with Gasteiger partial charge in [-0.2, -0.15) is 0 Å². The van der Waals surface area contributed by atoms with Crippen LogP contribution in [0.2, 0.25) is 0 Å². The van der Waals surface area contributed by atoms with E-state index in [-0.39, 0.29) is 6.10 Å². The normalized spacial score (nSPS) is 20.3. The quantitative estimate of drug-likeness (QED) is 0.769. The molecule has 1 aliphatic rings. The Hall–Kier alpha value is -1.06. The van der Waals surface area contributed by atoms with Crippen molar-refractivity contribution in [2.24, 2.45) is 5.73 Å². The SMILES string of the molecule is COc1ccc2c(c1)CCOC2CN. The number of methoxy groups -OCH3 is 1. The Morgan fingerprint density at radius 1 is 1.57 bits per heavy atom. The van der Waals surface area contributed by atoms with Gasteiger partial charge >= 0.3 is 0 Å². The summed E-state index contributed by atoms with van der Waals surface area (Å²) in [7, 11) is 1.68. The van der Waals surface area contributed by atoms with Gasteiger partial charge in [0.05, 0.1) is 19.8 Å². The Bertz CT molecular complexity index is 325. The highest BCUT2D eigenvalue weighted by Gasteiger charge is 2.19. The summed E-state index contributed by atoms with van der Waals surface area (Å²) < 4.78 is 10.7. The van der Waals surface area contributed by atoms with Crippen molar-refractivity contribution in [2.45, 2.75) is 12.5 Å². The predicted molar refractivity (Wildman–Crippen MR) is 54.4 cm³/mol. The summed E-state index contributed by atoms with van der Waals surface area (Å²) in [6.07, 6.45) is 1.01. The third-order valence-electron chi connectivity index (χ3n) is 2.60. The average Bonchev–Trinajstić information content (AvgIpc) is 2.27. The second-order valence-electron chi connectivity index (χ2n) is 3.41. The fourth-order valence-corrected chi connectivity index (χ4v) is 1.84. The molecule has 76 valence electrons. The molecule has 1 aromatic rings.